The number of imide groups is 2. The molecule has 0 bridgehead atoms. The van der Waals surface area contributed by atoms with Crippen LogP contribution in [0.2, 0.25) is 0 Å². The lowest BCUT2D eigenvalue weighted by Crippen LogP contribution is -2.54. The molecular weight excluding hydrogens is 366 g/mol. The SMILES string of the molecule is C#CCOCCC(=O)Nc1cccc2c1C(=O)N(C1CCC(=O)NC1=O)C2=O. The Morgan fingerprint density at radius 3 is 2.79 bits per heavy atom. The first kappa shape index (κ1) is 19.3. The molecule has 2 heterocycles. The molecule has 3 rings (SSSR count). The number of nitrogens with one attached hydrogen (secondary N) is 2. The number of hydrogen-bond acceptors (Lipinski definition) is 6. The lowest BCUT2D eigenvalue weighted by atomic mass is 10.0. The number of piperidine rings is 1. The summed E-state index contributed by atoms with van der Waals surface area (Å²) in [6.45, 7) is 0.197. The Balaban J connectivity index is 1.79. The molecule has 28 heavy (non-hydrogen) atoms. The molecule has 2 aliphatic heterocycles. The third-order valence-corrected chi connectivity index (χ3v) is 4.40. The van der Waals surface area contributed by atoms with Crippen LogP contribution in [0.5, 0.6) is 0 Å². The summed E-state index contributed by atoms with van der Waals surface area (Å²) in [5.41, 5.74) is 0.291. The average molecular weight is 383 g/mol. The number of fused-ring (bicyclic) bond motifs is 1. The fraction of sp³-hybridized carbons (Fsp3) is 0.316. The van der Waals surface area contributed by atoms with E-state index < -0.39 is 35.6 Å². The smallest absolute Gasteiger partial charge is 0.264 e. The highest BCUT2D eigenvalue weighted by Gasteiger charge is 2.45. The first-order chi connectivity index (χ1) is 13.4. The highest BCUT2D eigenvalue weighted by molar-refractivity contribution is 6.26. The zero-order valence-corrected chi connectivity index (χ0v) is 14.8. The highest BCUT2D eigenvalue weighted by atomic mass is 16.5. The number of rotatable bonds is 6. The van der Waals surface area contributed by atoms with Gasteiger partial charge in [0.25, 0.3) is 11.8 Å². The van der Waals surface area contributed by atoms with E-state index in [2.05, 4.69) is 16.6 Å². The summed E-state index contributed by atoms with van der Waals surface area (Å²) in [7, 11) is 0. The summed E-state index contributed by atoms with van der Waals surface area (Å²) < 4.78 is 5.04. The molecule has 1 atom stereocenters. The van der Waals surface area contributed by atoms with E-state index in [4.69, 9.17) is 11.2 Å². The minimum absolute atomic E-state index is 0.0182. The quantitative estimate of drug-likeness (QED) is 0.407. The van der Waals surface area contributed by atoms with Gasteiger partial charge in [-0.25, -0.2) is 0 Å². The number of ether oxygens (including phenoxy) is 1. The fourth-order valence-corrected chi connectivity index (χ4v) is 3.13. The molecule has 0 spiro atoms. The first-order valence-electron chi connectivity index (χ1n) is 8.59. The Labute approximate surface area is 160 Å². The molecule has 2 aliphatic rings. The maximum Gasteiger partial charge on any atom is 0.264 e. The van der Waals surface area contributed by atoms with E-state index in [0.29, 0.717) is 0 Å². The van der Waals surface area contributed by atoms with Gasteiger partial charge in [-0.2, -0.15) is 0 Å². The maximum absolute atomic E-state index is 12.9. The second-order valence-corrected chi connectivity index (χ2v) is 6.23. The first-order valence-corrected chi connectivity index (χ1v) is 8.59. The van der Waals surface area contributed by atoms with Gasteiger partial charge in [-0.3, -0.25) is 34.2 Å². The van der Waals surface area contributed by atoms with Crippen LogP contribution >= 0.6 is 0 Å². The van der Waals surface area contributed by atoms with Gasteiger partial charge in [0.1, 0.15) is 12.6 Å². The second kappa shape index (κ2) is 8.02. The number of terminal acetylenes is 1. The van der Waals surface area contributed by atoms with Crippen molar-refractivity contribution in [2.24, 2.45) is 0 Å². The zero-order valence-electron chi connectivity index (χ0n) is 14.8. The van der Waals surface area contributed by atoms with Gasteiger partial charge in [-0.15, -0.1) is 6.42 Å². The molecule has 0 aliphatic carbocycles. The van der Waals surface area contributed by atoms with Crippen molar-refractivity contribution < 1.29 is 28.7 Å². The molecule has 144 valence electrons. The number of anilines is 1. The largest absolute Gasteiger partial charge is 0.368 e. The van der Waals surface area contributed by atoms with Gasteiger partial charge in [0.15, 0.2) is 0 Å². The van der Waals surface area contributed by atoms with Crippen molar-refractivity contribution in [3.05, 3.63) is 29.3 Å². The number of benzene rings is 1. The Kier molecular flexibility index (Phi) is 5.52. The van der Waals surface area contributed by atoms with E-state index in [1.807, 2.05) is 0 Å². The number of amides is 5. The van der Waals surface area contributed by atoms with Gasteiger partial charge in [-0.05, 0) is 18.6 Å². The minimum Gasteiger partial charge on any atom is -0.368 e. The second-order valence-electron chi connectivity index (χ2n) is 6.23. The van der Waals surface area contributed by atoms with Crippen LogP contribution in [0.1, 0.15) is 40.0 Å². The molecule has 9 heteroatoms. The molecule has 0 aromatic heterocycles. The summed E-state index contributed by atoms with van der Waals surface area (Å²) in [6.07, 6.45) is 5.16. The summed E-state index contributed by atoms with van der Waals surface area (Å²) in [5.74, 6) is -0.590. The number of carbonyl (C=O) groups excluding carboxylic acids is 5. The van der Waals surface area contributed by atoms with Crippen molar-refractivity contribution in [2.75, 3.05) is 18.5 Å². The van der Waals surface area contributed by atoms with Crippen molar-refractivity contribution in [3.63, 3.8) is 0 Å². The van der Waals surface area contributed by atoms with Gasteiger partial charge < -0.3 is 10.1 Å². The van der Waals surface area contributed by atoms with Crippen LogP contribution in [0.3, 0.4) is 0 Å². The average Bonchev–Trinajstić information content (AvgIpc) is 2.91. The van der Waals surface area contributed by atoms with Gasteiger partial charge in [0, 0.05) is 6.42 Å². The predicted octanol–water partition coefficient (Wildman–Crippen LogP) is 0.0662. The summed E-state index contributed by atoms with van der Waals surface area (Å²) in [5, 5.41) is 4.72. The lowest BCUT2D eigenvalue weighted by Gasteiger charge is -2.27. The topological polar surface area (TPSA) is 122 Å². The molecule has 1 aromatic rings. The van der Waals surface area contributed by atoms with E-state index in [1.54, 1.807) is 0 Å². The van der Waals surface area contributed by atoms with Crippen LogP contribution in [0, 0.1) is 12.3 Å². The van der Waals surface area contributed by atoms with Crippen LogP contribution in [-0.4, -0.2) is 53.7 Å². The van der Waals surface area contributed by atoms with Crippen LogP contribution in [0.25, 0.3) is 0 Å². The number of carbonyl (C=O) groups is 5. The van der Waals surface area contributed by atoms with Crippen molar-refractivity contribution in [3.8, 4) is 12.3 Å². The number of hydrogen-bond donors (Lipinski definition) is 2. The summed E-state index contributed by atoms with van der Waals surface area (Å²) >= 11 is 0. The van der Waals surface area contributed by atoms with Gasteiger partial charge >= 0.3 is 0 Å². The third-order valence-electron chi connectivity index (χ3n) is 4.40. The van der Waals surface area contributed by atoms with E-state index in [-0.39, 0.29) is 49.3 Å². The standard InChI is InChI=1S/C19H17N3O6/c1-2-9-28-10-8-15(24)20-12-5-3-4-11-16(12)19(27)22(18(11)26)13-6-7-14(23)21-17(13)25/h1,3-5,13H,6-10H2,(H,20,24)(H,21,23,25). The maximum atomic E-state index is 12.9. The highest BCUT2D eigenvalue weighted by Crippen LogP contribution is 2.32. The van der Waals surface area contributed by atoms with Crippen LogP contribution in [0.15, 0.2) is 18.2 Å². The Morgan fingerprint density at radius 1 is 1.29 bits per heavy atom. The van der Waals surface area contributed by atoms with Gasteiger partial charge in [0.2, 0.25) is 17.7 Å². The third kappa shape index (κ3) is 3.63. The Bertz CT molecular complexity index is 917. The van der Waals surface area contributed by atoms with E-state index in [1.165, 1.54) is 18.2 Å². The van der Waals surface area contributed by atoms with E-state index >= 15 is 0 Å². The zero-order chi connectivity index (χ0) is 20.3. The van der Waals surface area contributed by atoms with Crippen molar-refractivity contribution in [1.82, 2.24) is 10.2 Å². The molecule has 1 saturated heterocycles. The molecule has 0 radical (unpaired) electrons. The summed E-state index contributed by atoms with van der Waals surface area (Å²) in [4.78, 5) is 61.9. The molecule has 1 unspecified atom stereocenters. The Morgan fingerprint density at radius 2 is 2.07 bits per heavy atom. The molecule has 1 fully saturated rings. The van der Waals surface area contributed by atoms with Crippen LogP contribution in [-0.2, 0) is 19.1 Å². The summed E-state index contributed by atoms with van der Waals surface area (Å²) in [6, 6.07) is 3.42. The van der Waals surface area contributed by atoms with E-state index in [0.717, 1.165) is 4.90 Å². The molecule has 1 aromatic carbocycles. The molecule has 9 nitrogen and oxygen atoms in total. The minimum atomic E-state index is -1.06. The lowest BCUT2D eigenvalue weighted by molar-refractivity contribution is -0.136. The fourth-order valence-electron chi connectivity index (χ4n) is 3.13. The van der Waals surface area contributed by atoms with Crippen molar-refractivity contribution in [1.29, 1.82) is 0 Å². The van der Waals surface area contributed by atoms with Crippen molar-refractivity contribution >= 4 is 35.2 Å². The molecule has 2 N–H and O–H groups in total. The predicted molar refractivity (Wildman–Crippen MR) is 96.0 cm³/mol. The monoisotopic (exact) mass is 383 g/mol. The molecular formula is C19H17N3O6. The van der Waals surface area contributed by atoms with Crippen LogP contribution in [0.4, 0.5) is 5.69 Å². The number of nitrogens with zero attached hydrogens (tertiary/aromatic N) is 1. The molecule has 5 amide bonds. The van der Waals surface area contributed by atoms with Crippen LogP contribution < -0.4 is 10.6 Å². The van der Waals surface area contributed by atoms with Gasteiger partial charge in [0.05, 0.1) is 29.8 Å². The van der Waals surface area contributed by atoms with Gasteiger partial charge in [-0.1, -0.05) is 12.0 Å². The molecule has 0 saturated carbocycles. The normalized spacial score (nSPS) is 18.5. The van der Waals surface area contributed by atoms with E-state index in [9.17, 15) is 24.0 Å². The Hall–Kier alpha value is -3.51. The van der Waals surface area contributed by atoms with Crippen molar-refractivity contribution in [2.45, 2.75) is 25.3 Å².